The number of aryl methyl sites for hydroxylation is 1. The number of hydrogen-bond acceptors (Lipinski definition) is 3. The molecule has 22 heteroatoms. The Hall–Kier alpha value is -2.23. The Morgan fingerprint density at radius 1 is 0.622 bits per heavy atom. The number of hydrogen-bond donors (Lipinski definition) is 0. The van der Waals surface area contributed by atoms with E-state index in [4.69, 9.17) is 0 Å². The molecular weight excluding hydrogens is 711 g/mol. The molecule has 1 aliphatic rings. The van der Waals surface area contributed by atoms with Crippen molar-refractivity contribution in [2.45, 2.75) is 71.6 Å². The lowest BCUT2D eigenvalue weighted by molar-refractivity contribution is -0.458. The van der Waals surface area contributed by atoms with Crippen LogP contribution < -0.4 is 0 Å². The topological polar surface area (TPSA) is 43.4 Å². The van der Waals surface area contributed by atoms with Gasteiger partial charge in [-0.05, 0) is 35.2 Å². The molecule has 3 rings (SSSR count). The molecular formula is C23H17F17O3S2. The second-order valence-corrected chi connectivity index (χ2v) is 14.5. The molecule has 0 bridgehead atoms. The van der Waals surface area contributed by atoms with Crippen LogP contribution in [0.5, 0.6) is 0 Å². The Balaban J connectivity index is 2.13. The zero-order valence-corrected chi connectivity index (χ0v) is 23.4. The van der Waals surface area contributed by atoms with E-state index < -0.39 is 78.9 Å². The van der Waals surface area contributed by atoms with Crippen molar-refractivity contribution in [3.05, 3.63) is 42.0 Å². The van der Waals surface area contributed by atoms with Crippen LogP contribution in [0.1, 0.15) is 18.9 Å². The van der Waals surface area contributed by atoms with Gasteiger partial charge in [-0.15, -0.1) is 0 Å². The highest BCUT2D eigenvalue weighted by molar-refractivity contribution is 8.34. The molecule has 0 saturated carbocycles. The van der Waals surface area contributed by atoms with E-state index in [0.717, 1.165) is 6.07 Å². The fourth-order valence-corrected chi connectivity index (χ4v) is 9.36. The Morgan fingerprint density at radius 3 is 1.44 bits per heavy atom. The van der Waals surface area contributed by atoms with Gasteiger partial charge in [0.05, 0.1) is 0 Å². The monoisotopic (exact) mass is 728 g/mol. The summed E-state index contributed by atoms with van der Waals surface area (Å²) in [6.45, 7) is 1.66. The van der Waals surface area contributed by atoms with E-state index in [2.05, 4.69) is 3.63 Å². The molecule has 0 aromatic heterocycles. The minimum atomic E-state index is -8.90. The molecule has 2 aromatic rings. The van der Waals surface area contributed by atoms with Crippen LogP contribution in [0.25, 0.3) is 10.8 Å². The lowest BCUT2D eigenvalue weighted by atomic mass is 9.91. The lowest BCUT2D eigenvalue weighted by Gasteiger charge is -2.48. The molecule has 1 aliphatic heterocycles. The maximum absolute atomic E-state index is 14.7. The van der Waals surface area contributed by atoms with Crippen LogP contribution in [0.4, 0.5) is 74.6 Å². The maximum Gasteiger partial charge on any atom is 0.460 e. The average molecular weight is 728 g/mol. The van der Waals surface area contributed by atoms with Crippen LogP contribution in [0.15, 0.2) is 41.3 Å². The first-order chi connectivity index (χ1) is 20.0. The summed E-state index contributed by atoms with van der Waals surface area (Å²) in [7, 11) is -11.4. The van der Waals surface area contributed by atoms with Gasteiger partial charge >= 0.3 is 57.1 Å². The Bertz CT molecular complexity index is 1550. The summed E-state index contributed by atoms with van der Waals surface area (Å²) in [6.07, 6.45) is -7.61. The van der Waals surface area contributed by atoms with Gasteiger partial charge in [0.25, 0.3) is 0 Å². The SMILES string of the molecule is CCc1ccc(S2(OS(=O)(=O)C(F)(F)C(F)(F)C(F)(F)C(F)(F)C(F)(F)C(F)(F)C(F)(F)C(F)(F)F)CCC2)c2ccccc12. The van der Waals surface area contributed by atoms with Gasteiger partial charge in [0.2, 0.25) is 0 Å². The standard InChI is InChI=1S/C23H17F17O3S2/c1-2-12-8-9-15(14-7-4-3-6-13(12)14)44(10-5-11-44)43-45(41,42)23(39,40)21(34,35)19(30,31)17(26,27)16(24,25)18(28,29)20(32,33)22(36,37)38/h3-4,6-9H,2,5,10-11H2,1H3. The highest BCUT2D eigenvalue weighted by atomic mass is 32.3. The molecule has 258 valence electrons. The van der Waals surface area contributed by atoms with Gasteiger partial charge in [-0.25, -0.2) is 3.63 Å². The maximum atomic E-state index is 14.7. The molecule has 45 heavy (non-hydrogen) atoms. The normalized spacial score (nSPS) is 18.5. The van der Waals surface area contributed by atoms with Crippen molar-refractivity contribution in [1.29, 1.82) is 0 Å². The van der Waals surface area contributed by atoms with Gasteiger partial charge in [0.1, 0.15) is 0 Å². The predicted octanol–water partition coefficient (Wildman–Crippen LogP) is 9.20. The third-order valence-corrected chi connectivity index (χ3v) is 12.6. The quantitative estimate of drug-likeness (QED) is 0.217. The first-order valence-corrected chi connectivity index (χ1v) is 15.2. The average Bonchev–Trinajstić information content (AvgIpc) is 2.88. The van der Waals surface area contributed by atoms with Gasteiger partial charge in [-0.2, -0.15) is 83.1 Å². The van der Waals surface area contributed by atoms with E-state index in [1.807, 2.05) is 0 Å². The van der Waals surface area contributed by atoms with Crippen LogP contribution in [0.3, 0.4) is 0 Å². The molecule has 0 atom stereocenters. The minimum Gasteiger partial charge on any atom is -0.211 e. The highest BCUT2D eigenvalue weighted by Gasteiger charge is 2.96. The first kappa shape index (κ1) is 37.2. The van der Waals surface area contributed by atoms with Crippen LogP contribution in [0, 0.1) is 0 Å². The van der Waals surface area contributed by atoms with Crippen molar-refractivity contribution in [3.63, 3.8) is 0 Å². The fraction of sp³-hybridized carbons (Fsp3) is 0.565. The summed E-state index contributed by atoms with van der Waals surface area (Å²) < 4.78 is 261. The second kappa shape index (κ2) is 10.6. The van der Waals surface area contributed by atoms with E-state index in [1.54, 1.807) is 6.92 Å². The molecule has 0 unspecified atom stereocenters. The fourth-order valence-electron chi connectivity index (χ4n) is 4.22. The third kappa shape index (κ3) is 4.93. The third-order valence-electron chi connectivity index (χ3n) is 6.93. The number of fused-ring (bicyclic) bond motifs is 1. The molecule has 1 fully saturated rings. The molecule has 0 aliphatic carbocycles. The zero-order valence-electron chi connectivity index (χ0n) is 21.8. The van der Waals surface area contributed by atoms with Crippen molar-refractivity contribution in [2.24, 2.45) is 0 Å². The van der Waals surface area contributed by atoms with Crippen LogP contribution in [-0.2, 0) is 20.2 Å². The Labute approximate surface area is 243 Å². The second-order valence-electron chi connectivity index (χ2n) is 9.68. The van der Waals surface area contributed by atoms with E-state index in [0.29, 0.717) is 17.4 Å². The number of rotatable bonds is 11. The van der Waals surface area contributed by atoms with Crippen LogP contribution >= 0.6 is 10.3 Å². The Kier molecular flexibility index (Phi) is 8.80. The van der Waals surface area contributed by atoms with Gasteiger partial charge in [-0.1, -0.05) is 47.6 Å². The van der Waals surface area contributed by atoms with Gasteiger partial charge in [-0.3, -0.25) is 0 Å². The first-order valence-electron chi connectivity index (χ1n) is 11.9. The molecule has 3 nitrogen and oxygen atoms in total. The van der Waals surface area contributed by atoms with E-state index >= 15 is 0 Å². The Morgan fingerprint density at radius 2 is 1.04 bits per heavy atom. The lowest BCUT2D eigenvalue weighted by Crippen LogP contribution is -2.75. The predicted molar refractivity (Wildman–Crippen MR) is 124 cm³/mol. The molecule has 0 spiro atoms. The number of benzene rings is 2. The molecule has 1 heterocycles. The van der Waals surface area contributed by atoms with Crippen molar-refractivity contribution >= 4 is 31.2 Å². The highest BCUT2D eigenvalue weighted by Crippen LogP contribution is 2.69. The van der Waals surface area contributed by atoms with Crippen molar-refractivity contribution in [2.75, 3.05) is 11.5 Å². The summed E-state index contributed by atoms with van der Waals surface area (Å²) in [6, 6.07) is 8.05. The minimum absolute atomic E-state index is 0.0559. The largest absolute Gasteiger partial charge is 0.460 e. The smallest absolute Gasteiger partial charge is 0.211 e. The van der Waals surface area contributed by atoms with E-state index in [-0.39, 0.29) is 16.7 Å². The van der Waals surface area contributed by atoms with E-state index in [1.165, 1.54) is 30.3 Å². The molecule has 0 radical (unpaired) electrons. The summed E-state index contributed by atoms with van der Waals surface area (Å²) in [5, 5.41) is -7.25. The zero-order chi connectivity index (χ0) is 35.1. The molecule has 2 aromatic carbocycles. The van der Waals surface area contributed by atoms with Crippen molar-refractivity contribution in [1.82, 2.24) is 0 Å². The number of halogens is 17. The summed E-state index contributed by atoms with van der Waals surface area (Å²) in [4.78, 5) is -0.234. The van der Waals surface area contributed by atoms with Gasteiger partial charge in [0.15, 0.2) is 0 Å². The summed E-state index contributed by atoms with van der Waals surface area (Å²) in [5.74, 6) is -53.0. The van der Waals surface area contributed by atoms with Crippen LogP contribution in [0.2, 0.25) is 0 Å². The molecule has 0 amide bonds. The number of alkyl halides is 17. The van der Waals surface area contributed by atoms with Crippen molar-refractivity contribution < 1.29 is 86.7 Å². The molecule has 1 saturated heterocycles. The van der Waals surface area contributed by atoms with Crippen LogP contribution in [-0.4, -0.2) is 66.9 Å². The summed E-state index contributed by atoms with van der Waals surface area (Å²) >= 11 is 0. The van der Waals surface area contributed by atoms with Crippen molar-refractivity contribution in [3.8, 4) is 0 Å². The molecule has 0 N–H and O–H groups in total. The summed E-state index contributed by atoms with van der Waals surface area (Å²) in [5.41, 5.74) is 0.582. The van der Waals surface area contributed by atoms with E-state index in [9.17, 15) is 83.1 Å². The van der Waals surface area contributed by atoms with Gasteiger partial charge in [0, 0.05) is 16.4 Å². The van der Waals surface area contributed by atoms with Gasteiger partial charge < -0.3 is 0 Å².